The standard InChI is InChI=1S/C11H16O2.C10H14O2.2C7H12O2.3C6H10O2.2C5H8O2/c1-5-6(2)8-3-7(5)9-4-13-11(12)10(8)9;1-5-2-6-3-7(5)8-4-12-10(11)9(6)8;1-5-6(8)9-4-7(5,2)3;1-7(2)3-4-9-6(8)5-7;1-6(2)3-5(7)8-4-6;1-6(2)3-4-8-5(6)7;1-4-3-8-6(7)5(4)2;1-4-2-5(6)7-3-4;1-4-2-3-7-5(4)6/h5-10H,3-4H2,1-2H3;5-9H,2-4H2,1H3;5H,4H2,1-3H3;3-5H2,1-2H3;2*3-4H2,1-2H3;4-5H,3H2,1-2H3;2*4H,2-3H2,1H3. The average Bonchev–Trinajstić information content (AvgIpc) is 4.32. The van der Waals surface area contributed by atoms with Gasteiger partial charge in [0.05, 0.1) is 114 Å². The van der Waals surface area contributed by atoms with Crippen LogP contribution in [0.2, 0.25) is 0 Å². The summed E-state index contributed by atoms with van der Waals surface area (Å²) in [5, 5.41) is 0. The predicted molar refractivity (Wildman–Crippen MR) is 297 cm³/mol. The fourth-order valence-corrected chi connectivity index (χ4v) is 12.9. The Morgan fingerprint density at radius 1 is 0.420 bits per heavy atom. The second-order valence-electron chi connectivity index (χ2n) is 28.4. The van der Waals surface area contributed by atoms with Gasteiger partial charge in [-0.3, -0.25) is 43.2 Å². The highest BCUT2D eigenvalue weighted by molar-refractivity contribution is 5.78. The first-order chi connectivity index (χ1) is 37.6. The Balaban J connectivity index is 0.000000169. The van der Waals surface area contributed by atoms with Crippen LogP contribution in [0.25, 0.3) is 0 Å². The van der Waals surface area contributed by atoms with Gasteiger partial charge in [0.1, 0.15) is 0 Å². The molecule has 0 spiro atoms. The Hall–Kier alpha value is -4.77. The number of carbonyl (C=O) groups excluding carboxylic acids is 9. The Morgan fingerprint density at radius 2 is 1.00 bits per heavy atom. The minimum Gasteiger partial charge on any atom is -0.466 e. The minimum absolute atomic E-state index is 0.0417. The Labute approximate surface area is 482 Å². The lowest BCUT2D eigenvalue weighted by Crippen LogP contribution is -2.32. The van der Waals surface area contributed by atoms with Crippen LogP contribution in [-0.2, 0) is 85.8 Å². The smallest absolute Gasteiger partial charge is 0.311 e. The summed E-state index contributed by atoms with van der Waals surface area (Å²) in [4.78, 5) is 96.5. The van der Waals surface area contributed by atoms with E-state index in [0.717, 1.165) is 55.5 Å². The van der Waals surface area contributed by atoms with Crippen molar-refractivity contribution in [3.8, 4) is 0 Å². The molecule has 16 unspecified atom stereocenters. The van der Waals surface area contributed by atoms with Gasteiger partial charge in [0.25, 0.3) is 0 Å². The monoisotopic (exact) mass is 1140 g/mol. The molecule has 0 aromatic heterocycles. The molecule has 18 nitrogen and oxygen atoms in total. The number of hydrogen-bond acceptors (Lipinski definition) is 18. The molecule has 9 saturated heterocycles. The van der Waals surface area contributed by atoms with Crippen molar-refractivity contribution in [2.45, 2.75) is 169 Å². The zero-order valence-electron chi connectivity index (χ0n) is 51.8. The molecule has 13 aliphatic rings. The third kappa shape index (κ3) is 18.1. The SMILES string of the molecule is CC1(C)CCOC(=O)C1.CC1(C)CCOC1=O.CC1(C)COC(=O)C1.CC1C(=O)OCC1(C)C.CC1C(C)C2CC1C1COC(=O)C21.CC1CC2CC1C1COC(=O)C21.CC1CCOC1=O.CC1COC(=O)C1.CC1COC(=O)C1C. The summed E-state index contributed by atoms with van der Waals surface area (Å²) >= 11 is 0. The van der Waals surface area contributed by atoms with Gasteiger partial charge in [0.15, 0.2) is 0 Å². The molecule has 9 aliphatic heterocycles. The Morgan fingerprint density at radius 3 is 1.33 bits per heavy atom. The first-order valence-electron chi connectivity index (χ1n) is 30.1. The van der Waals surface area contributed by atoms with E-state index in [-0.39, 0.29) is 99.1 Å². The topological polar surface area (TPSA) is 237 Å². The molecular weight excluding hydrogens is 1040 g/mol. The molecule has 0 aromatic carbocycles. The molecule has 0 N–H and O–H groups in total. The lowest BCUT2D eigenvalue weighted by molar-refractivity contribution is -0.152. The molecule has 0 aromatic rings. The van der Waals surface area contributed by atoms with E-state index in [2.05, 4.69) is 44.1 Å². The minimum atomic E-state index is -0.208. The highest BCUT2D eigenvalue weighted by Crippen LogP contribution is 2.60. The molecule has 16 atom stereocenters. The van der Waals surface area contributed by atoms with Gasteiger partial charge in [-0.2, -0.15) is 0 Å². The Kier molecular flexibility index (Phi) is 23.3. The highest BCUT2D eigenvalue weighted by atomic mass is 16.6. The van der Waals surface area contributed by atoms with Gasteiger partial charge < -0.3 is 42.6 Å². The number of fused-ring (bicyclic) bond motifs is 10. The normalized spacial score (nSPS) is 38.0. The van der Waals surface area contributed by atoms with Gasteiger partial charge in [0.2, 0.25) is 0 Å². The van der Waals surface area contributed by atoms with E-state index in [0.29, 0.717) is 114 Å². The molecule has 0 amide bonds. The van der Waals surface area contributed by atoms with Crippen LogP contribution in [0.1, 0.15) is 169 Å². The number of carbonyl (C=O) groups is 9. The number of esters is 9. The van der Waals surface area contributed by atoms with Crippen molar-refractivity contribution in [1.29, 1.82) is 0 Å². The van der Waals surface area contributed by atoms with Crippen LogP contribution in [0, 0.1) is 116 Å². The van der Waals surface area contributed by atoms with Crippen molar-refractivity contribution in [3.05, 3.63) is 0 Å². The summed E-state index contributed by atoms with van der Waals surface area (Å²) in [5.74, 6) is 8.04. The molecule has 13 rings (SSSR count). The summed E-state index contributed by atoms with van der Waals surface area (Å²) in [6.45, 7) is 38.5. The summed E-state index contributed by atoms with van der Waals surface area (Å²) in [5.41, 5.74) is 0.115. The maximum atomic E-state index is 11.5. The fraction of sp³-hybridized carbons (Fsp3) is 0.857. The number of cyclic esters (lactones) is 9. The van der Waals surface area contributed by atoms with Gasteiger partial charge in [-0.1, -0.05) is 96.9 Å². The van der Waals surface area contributed by atoms with Crippen LogP contribution in [-0.4, -0.2) is 113 Å². The molecule has 81 heavy (non-hydrogen) atoms. The zero-order chi connectivity index (χ0) is 60.5. The predicted octanol–water partition coefficient (Wildman–Crippen LogP) is 9.58. The largest absolute Gasteiger partial charge is 0.466 e. The number of rotatable bonds is 0. The van der Waals surface area contributed by atoms with Crippen LogP contribution >= 0.6 is 0 Å². The van der Waals surface area contributed by atoms with Crippen molar-refractivity contribution in [2.75, 3.05) is 59.5 Å². The summed E-state index contributed by atoms with van der Waals surface area (Å²) in [6, 6.07) is 0. The molecule has 4 saturated carbocycles. The maximum absolute atomic E-state index is 11.5. The van der Waals surface area contributed by atoms with Crippen molar-refractivity contribution in [1.82, 2.24) is 0 Å². The van der Waals surface area contributed by atoms with Gasteiger partial charge >= 0.3 is 53.7 Å². The first kappa shape index (κ1) is 67.0. The quantitative estimate of drug-likeness (QED) is 0.162. The number of hydrogen-bond donors (Lipinski definition) is 0. The van der Waals surface area contributed by atoms with E-state index in [4.69, 9.17) is 33.2 Å². The van der Waals surface area contributed by atoms with Crippen molar-refractivity contribution in [2.24, 2.45) is 116 Å². The summed E-state index contributed by atoms with van der Waals surface area (Å²) < 4.78 is 43.3. The third-order valence-corrected chi connectivity index (χ3v) is 19.6. The molecule has 460 valence electrons. The van der Waals surface area contributed by atoms with Crippen LogP contribution in [0.15, 0.2) is 0 Å². The van der Waals surface area contributed by atoms with Gasteiger partial charge in [-0.15, -0.1) is 0 Å². The van der Waals surface area contributed by atoms with Crippen molar-refractivity contribution in [3.63, 3.8) is 0 Å². The van der Waals surface area contributed by atoms with E-state index in [1.54, 1.807) is 0 Å². The summed E-state index contributed by atoms with van der Waals surface area (Å²) in [7, 11) is 0. The lowest BCUT2D eigenvalue weighted by Gasteiger charge is -2.31. The van der Waals surface area contributed by atoms with Gasteiger partial charge in [-0.25, -0.2) is 0 Å². The first-order valence-corrected chi connectivity index (χ1v) is 30.1. The molecule has 13 fully saturated rings. The zero-order valence-corrected chi connectivity index (χ0v) is 51.8. The second kappa shape index (κ2) is 28.2. The van der Waals surface area contributed by atoms with Crippen LogP contribution in [0.4, 0.5) is 0 Å². The molecule has 4 aliphatic carbocycles. The Bertz CT molecular complexity index is 2230. The van der Waals surface area contributed by atoms with Crippen LogP contribution in [0.3, 0.4) is 0 Å². The van der Waals surface area contributed by atoms with E-state index in [1.807, 2.05) is 76.2 Å². The highest BCUT2D eigenvalue weighted by Gasteiger charge is 2.61. The van der Waals surface area contributed by atoms with Crippen molar-refractivity contribution < 1.29 is 85.8 Å². The third-order valence-electron chi connectivity index (χ3n) is 19.6. The van der Waals surface area contributed by atoms with E-state index < -0.39 is 0 Å². The lowest BCUT2D eigenvalue weighted by atomic mass is 9.71. The van der Waals surface area contributed by atoms with E-state index in [9.17, 15) is 43.2 Å². The molecule has 18 heteroatoms. The molecule has 4 bridgehead atoms. The van der Waals surface area contributed by atoms with Gasteiger partial charge in [0, 0.05) is 34.5 Å². The average molecular weight is 1150 g/mol. The molecule has 0 radical (unpaired) electrons. The maximum Gasteiger partial charge on any atom is 0.311 e. The van der Waals surface area contributed by atoms with Crippen LogP contribution < -0.4 is 0 Å². The second-order valence-corrected chi connectivity index (χ2v) is 28.4. The van der Waals surface area contributed by atoms with Crippen LogP contribution in [0.5, 0.6) is 0 Å². The van der Waals surface area contributed by atoms with Crippen molar-refractivity contribution >= 4 is 53.7 Å². The summed E-state index contributed by atoms with van der Waals surface area (Å²) in [6.07, 6.45) is 8.38. The van der Waals surface area contributed by atoms with E-state index in [1.165, 1.54) is 19.3 Å². The molecular formula is C63H100O18. The van der Waals surface area contributed by atoms with Gasteiger partial charge in [-0.05, 0) is 99.2 Å². The fourth-order valence-electron chi connectivity index (χ4n) is 12.9. The number of ether oxygens (including phenoxy) is 9. The molecule has 9 heterocycles. The van der Waals surface area contributed by atoms with E-state index >= 15 is 0 Å².